The lowest BCUT2D eigenvalue weighted by atomic mass is 10.1. The number of hydrogen-bond donors (Lipinski definition) is 1. The van der Waals surface area contributed by atoms with Gasteiger partial charge in [-0.15, -0.1) is 5.06 Å². The van der Waals surface area contributed by atoms with Crippen molar-refractivity contribution in [2.75, 3.05) is 18.4 Å². The van der Waals surface area contributed by atoms with Crippen molar-refractivity contribution in [3.8, 4) is 11.9 Å². The summed E-state index contributed by atoms with van der Waals surface area (Å²) >= 11 is 0. The minimum Gasteiger partial charge on any atom is -0.474 e. The molecule has 0 saturated carbocycles. The molecule has 2 heterocycles. The Hall–Kier alpha value is -3.45. The van der Waals surface area contributed by atoms with Crippen molar-refractivity contribution in [2.45, 2.75) is 38.9 Å². The van der Waals surface area contributed by atoms with Crippen molar-refractivity contribution in [1.82, 2.24) is 15.0 Å². The summed E-state index contributed by atoms with van der Waals surface area (Å²) in [4.78, 5) is 24.9. The molecule has 0 amide bonds. The summed E-state index contributed by atoms with van der Waals surface area (Å²) in [5.74, 6) is 0.152. The molecule has 3 rings (SSSR count). The molecule has 1 aromatic heterocycles. The van der Waals surface area contributed by atoms with Crippen LogP contribution in [0.1, 0.15) is 32.3 Å². The van der Waals surface area contributed by atoms with Crippen molar-refractivity contribution >= 4 is 17.7 Å². The molecular weight excluding hydrogens is 393 g/mol. The Morgan fingerprint density at radius 2 is 2.07 bits per heavy atom. The highest BCUT2D eigenvalue weighted by Gasteiger charge is 2.24. The van der Waals surface area contributed by atoms with E-state index in [0.717, 1.165) is 6.07 Å². The summed E-state index contributed by atoms with van der Waals surface area (Å²) in [6, 6.07) is 7.58. The number of nitriles is 1. The Balaban J connectivity index is 1.53. The number of ether oxygens (including phenoxy) is 2. The molecule has 0 radical (unpaired) electrons. The van der Waals surface area contributed by atoms with Gasteiger partial charge in [-0.25, -0.2) is 19.2 Å². The van der Waals surface area contributed by atoms with Gasteiger partial charge in [-0.05, 0) is 32.0 Å². The molecule has 10 heteroatoms. The summed E-state index contributed by atoms with van der Waals surface area (Å²) in [6.45, 7) is 4.51. The van der Waals surface area contributed by atoms with Crippen LogP contribution in [0.15, 0.2) is 30.6 Å². The molecule has 1 aliphatic rings. The Morgan fingerprint density at radius 3 is 2.73 bits per heavy atom. The third kappa shape index (κ3) is 6.02. The van der Waals surface area contributed by atoms with Crippen molar-refractivity contribution in [3.63, 3.8) is 0 Å². The minimum absolute atomic E-state index is 0.111. The molecule has 2 aromatic rings. The van der Waals surface area contributed by atoms with Gasteiger partial charge < -0.3 is 19.6 Å². The topological polar surface area (TPSA) is 110 Å². The van der Waals surface area contributed by atoms with Gasteiger partial charge in [0.25, 0.3) is 0 Å². The van der Waals surface area contributed by atoms with E-state index in [2.05, 4.69) is 15.3 Å². The number of rotatable bonds is 6. The van der Waals surface area contributed by atoms with Gasteiger partial charge >= 0.3 is 6.16 Å². The average Bonchev–Trinajstić information content (AvgIpc) is 2.70. The van der Waals surface area contributed by atoms with E-state index in [1.807, 2.05) is 6.07 Å². The number of halogens is 1. The van der Waals surface area contributed by atoms with E-state index in [4.69, 9.17) is 19.6 Å². The number of benzene rings is 1. The molecule has 0 spiro atoms. The number of hydroxylamine groups is 2. The minimum atomic E-state index is -0.717. The molecule has 1 aromatic carbocycles. The molecular formula is C20H22FN5O4. The Morgan fingerprint density at radius 1 is 1.30 bits per heavy atom. The number of piperidine rings is 1. The van der Waals surface area contributed by atoms with Gasteiger partial charge in [-0.2, -0.15) is 5.26 Å². The van der Waals surface area contributed by atoms with Gasteiger partial charge in [0, 0.05) is 32.0 Å². The second-order valence-corrected chi connectivity index (χ2v) is 6.93. The largest absolute Gasteiger partial charge is 0.528 e. The number of nitrogens with one attached hydrogen (secondary N) is 1. The number of aromatic nitrogens is 2. The van der Waals surface area contributed by atoms with E-state index in [1.54, 1.807) is 25.0 Å². The maximum absolute atomic E-state index is 14.1. The summed E-state index contributed by atoms with van der Waals surface area (Å²) < 4.78 is 24.9. The van der Waals surface area contributed by atoms with E-state index in [1.165, 1.54) is 18.5 Å². The lowest BCUT2D eigenvalue weighted by Crippen LogP contribution is -2.40. The fourth-order valence-electron chi connectivity index (χ4n) is 2.83. The van der Waals surface area contributed by atoms with Gasteiger partial charge in [0.15, 0.2) is 0 Å². The normalized spacial score (nSPS) is 14.8. The maximum atomic E-state index is 14.1. The molecule has 0 bridgehead atoms. The van der Waals surface area contributed by atoms with Gasteiger partial charge in [-0.3, -0.25) is 0 Å². The number of carbonyl (C=O) groups is 1. The number of hydrogen-bond acceptors (Lipinski definition) is 9. The van der Waals surface area contributed by atoms with Gasteiger partial charge in [0.2, 0.25) is 5.88 Å². The summed E-state index contributed by atoms with van der Waals surface area (Å²) in [6.07, 6.45) is 1.51. The molecule has 0 atom stereocenters. The highest BCUT2D eigenvalue weighted by Crippen LogP contribution is 2.23. The standard InChI is InChI=1S/C20H22FN5O4/c1-13(2)28-20(27)30-26-7-5-15(6-8-26)29-19-10-18(23-12-24-19)25-17-4-3-14(11-22)9-16(17)21/h3-4,9-10,12-13,15H,5-8H2,1-2H3,(H,23,24,25). The van der Waals surface area contributed by atoms with Crippen LogP contribution in [0, 0.1) is 17.1 Å². The van der Waals surface area contributed by atoms with Gasteiger partial charge in [0.05, 0.1) is 23.4 Å². The number of nitrogens with zero attached hydrogens (tertiary/aromatic N) is 4. The van der Waals surface area contributed by atoms with Gasteiger partial charge in [0.1, 0.15) is 24.1 Å². The molecule has 9 nitrogen and oxygen atoms in total. The van der Waals surface area contributed by atoms with Crippen LogP contribution in [-0.2, 0) is 9.57 Å². The molecule has 158 valence electrons. The van der Waals surface area contributed by atoms with Crippen LogP contribution < -0.4 is 10.1 Å². The van der Waals surface area contributed by atoms with Crippen molar-refractivity contribution in [3.05, 3.63) is 42.0 Å². The van der Waals surface area contributed by atoms with E-state index < -0.39 is 12.0 Å². The molecule has 30 heavy (non-hydrogen) atoms. The predicted octanol–water partition coefficient (Wildman–Crippen LogP) is 3.55. The zero-order chi connectivity index (χ0) is 21.5. The zero-order valence-electron chi connectivity index (χ0n) is 16.7. The third-order valence-corrected chi connectivity index (χ3v) is 4.23. The highest BCUT2D eigenvalue weighted by atomic mass is 19.1. The van der Waals surface area contributed by atoms with Crippen LogP contribution in [0.25, 0.3) is 0 Å². The number of carbonyl (C=O) groups excluding carboxylic acids is 1. The summed E-state index contributed by atoms with van der Waals surface area (Å²) in [7, 11) is 0. The van der Waals surface area contributed by atoms with Crippen LogP contribution >= 0.6 is 0 Å². The predicted molar refractivity (Wildman–Crippen MR) is 104 cm³/mol. The first kappa shape index (κ1) is 21.3. The molecule has 0 aliphatic carbocycles. The first-order valence-corrected chi connectivity index (χ1v) is 9.52. The molecule has 1 saturated heterocycles. The molecule has 1 aliphatic heterocycles. The van der Waals surface area contributed by atoms with Crippen LogP contribution in [-0.4, -0.2) is 46.5 Å². The van der Waals surface area contributed by atoms with Crippen molar-refractivity contribution in [1.29, 1.82) is 5.26 Å². The molecule has 0 unspecified atom stereocenters. The lowest BCUT2D eigenvalue weighted by molar-refractivity contribution is -0.151. The van der Waals surface area contributed by atoms with E-state index >= 15 is 0 Å². The van der Waals surface area contributed by atoms with E-state index in [9.17, 15) is 9.18 Å². The fourth-order valence-corrected chi connectivity index (χ4v) is 2.83. The van der Waals surface area contributed by atoms with Crippen LogP contribution in [0.4, 0.5) is 20.7 Å². The fraction of sp³-hybridized carbons (Fsp3) is 0.400. The second-order valence-electron chi connectivity index (χ2n) is 6.93. The van der Waals surface area contributed by atoms with Crippen LogP contribution in [0.3, 0.4) is 0 Å². The average molecular weight is 415 g/mol. The Bertz CT molecular complexity index is 926. The number of anilines is 2. The molecule has 1 fully saturated rings. The third-order valence-electron chi connectivity index (χ3n) is 4.23. The monoisotopic (exact) mass is 415 g/mol. The van der Waals surface area contributed by atoms with Crippen molar-refractivity contribution < 1.29 is 23.5 Å². The Labute approximate surface area is 173 Å². The first-order chi connectivity index (χ1) is 14.4. The van der Waals surface area contributed by atoms with E-state index in [-0.39, 0.29) is 23.5 Å². The second kappa shape index (κ2) is 9.84. The smallest absolute Gasteiger partial charge is 0.474 e. The lowest BCUT2D eigenvalue weighted by Gasteiger charge is -2.30. The van der Waals surface area contributed by atoms with Crippen molar-refractivity contribution in [2.24, 2.45) is 0 Å². The van der Waals surface area contributed by atoms with E-state index in [0.29, 0.717) is 37.6 Å². The Kier molecular flexibility index (Phi) is 6.98. The summed E-state index contributed by atoms with van der Waals surface area (Å²) in [5, 5.41) is 13.2. The SMILES string of the molecule is CC(C)OC(=O)ON1CCC(Oc2cc(Nc3ccc(C#N)cc3F)ncn2)CC1. The zero-order valence-corrected chi connectivity index (χ0v) is 16.7. The van der Waals surface area contributed by atoms with Gasteiger partial charge in [-0.1, -0.05) is 0 Å². The first-order valence-electron chi connectivity index (χ1n) is 9.52. The summed E-state index contributed by atoms with van der Waals surface area (Å²) in [5.41, 5.74) is 0.426. The maximum Gasteiger partial charge on any atom is 0.528 e. The van der Waals surface area contributed by atoms with Crippen LogP contribution in [0.5, 0.6) is 5.88 Å². The quantitative estimate of drug-likeness (QED) is 0.708. The highest BCUT2D eigenvalue weighted by molar-refractivity contribution is 5.59. The van der Waals surface area contributed by atoms with Crippen LogP contribution in [0.2, 0.25) is 0 Å². The molecule has 1 N–H and O–H groups in total.